The lowest BCUT2D eigenvalue weighted by Gasteiger charge is -2.20. The van der Waals surface area contributed by atoms with Crippen molar-refractivity contribution in [2.45, 2.75) is 38.1 Å². The van der Waals surface area contributed by atoms with E-state index in [9.17, 15) is 14.4 Å². The van der Waals surface area contributed by atoms with E-state index in [4.69, 9.17) is 23.7 Å². The average Bonchev–Trinajstić information content (AvgIpc) is 3.63. The second kappa shape index (κ2) is 13.1. The van der Waals surface area contributed by atoms with Crippen molar-refractivity contribution in [3.8, 4) is 23.0 Å². The zero-order valence-electron chi connectivity index (χ0n) is 27.9. The van der Waals surface area contributed by atoms with Crippen molar-refractivity contribution in [3.63, 3.8) is 0 Å². The number of aliphatic imine (C=N–C) groups is 2. The molecule has 0 N–H and O–H groups in total. The molecule has 0 unspecified atom stereocenters. The van der Waals surface area contributed by atoms with Crippen molar-refractivity contribution in [2.75, 3.05) is 34.4 Å². The number of rotatable bonds is 9. The van der Waals surface area contributed by atoms with Crippen molar-refractivity contribution in [1.82, 2.24) is 14.8 Å². The van der Waals surface area contributed by atoms with Crippen molar-refractivity contribution in [3.05, 3.63) is 88.8 Å². The molecule has 2 aromatic carbocycles. The van der Waals surface area contributed by atoms with Crippen LogP contribution in [0.2, 0.25) is 0 Å². The fraction of sp³-hybridized carbons (Fsp3) is 0.297. The smallest absolute Gasteiger partial charge is 0.337 e. The highest BCUT2D eigenvalue weighted by Crippen LogP contribution is 2.40. The molecule has 13 heteroatoms. The van der Waals surface area contributed by atoms with Gasteiger partial charge in [-0.15, -0.1) is 0 Å². The van der Waals surface area contributed by atoms with Crippen LogP contribution in [-0.2, 0) is 18.0 Å². The van der Waals surface area contributed by atoms with Crippen molar-refractivity contribution in [1.29, 1.82) is 0 Å². The Morgan fingerprint density at radius 3 is 1.60 bits per heavy atom. The van der Waals surface area contributed by atoms with Crippen LogP contribution in [0.25, 0.3) is 0 Å². The monoisotopic (exact) mass is 677 g/mol. The minimum Gasteiger partial charge on any atom is -0.493 e. The Morgan fingerprint density at radius 2 is 1.18 bits per heavy atom. The number of carbonyl (C=O) groups excluding carboxylic acids is 3. The van der Waals surface area contributed by atoms with Crippen molar-refractivity contribution < 1.29 is 38.1 Å². The summed E-state index contributed by atoms with van der Waals surface area (Å²) in [7, 11) is 4.27. The third-order valence-electron chi connectivity index (χ3n) is 9.01. The molecule has 50 heavy (non-hydrogen) atoms. The maximum Gasteiger partial charge on any atom is 0.337 e. The van der Waals surface area contributed by atoms with Crippen LogP contribution in [0.4, 0.5) is 11.4 Å². The third-order valence-corrected chi connectivity index (χ3v) is 9.01. The molecule has 4 aliphatic rings. The standard InChI is InChI=1S/C37H35N5O8/c1-20-6-25-14-38-29-12-33(31(46-3)10-27(29)35(43)41(25)16-20)49-18-23-8-22(37(45)48-5)9-24(40-23)19-50-34-13-30-28(11-32(34)47-4)36(44)42-17-21(2)7-26(42)15-39-30/h8-15,25-26H,1-2,6-7,16-19H2,3-5H3/t25-,26-/m0/s1. The highest BCUT2D eigenvalue weighted by Gasteiger charge is 2.35. The van der Waals surface area contributed by atoms with Gasteiger partial charge in [-0.3, -0.25) is 24.6 Å². The average molecular weight is 678 g/mol. The molecule has 2 fully saturated rings. The first-order valence-corrected chi connectivity index (χ1v) is 16.0. The van der Waals surface area contributed by atoms with Gasteiger partial charge < -0.3 is 33.5 Å². The minimum atomic E-state index is -0.563. The summed E-state index contributed by atoms with van der Waals surface area (Å²) in [5.41, 5.74) is 4.76. The summed E-state index contributed by atoms with van der Waals surface area (Å²) < 4.78 is 28.4. The molecule has 2 saturated heterocycles. The molecule has 4 aliphatic heterocycles. The number of hydrogen-bond acceptors (Lipinski definition) is 11. The van der Waals surface area contributed by atoms with Crippen LogP contribution in [0.15, 0.2) is 70.7 Å². The zero-order chi connectivity index (χ0) is 35.1. The van der Waals surface area contributed by atoms with Gasteiger partial charge in [0.25, 0.3) is 11.8 Å². The van der Waals surface area contributed by atoms with Gasteiger partial charge in [-0.2, -0.15) is 0 Å². The number of hydrogen-bond donors (Lipinski definition) is 0. The maximum absolute atomic E-state index is 13.4. The van der Waals surface area contributed by atoms with Crippen LogP contribution < -0.4 is 18.9 Å². The van der Waals surface area contributed by atoms with Gasteiger partial charge in [-0.1, -0.05) is 24.3 Å². The molecule has 0 bridgehead atoms. The van der Waals surface area contributed by atoms with Crippen LogP contribution in [0.5, 0.6) is 23.0 Å². The molecular weight excluding hydrogens is 642 g/mol. The number of carbonyl (C=O) groups is 3. The number of fused-ring (bicyclic) bond motifs is 4. The Labute approximate surface area is 288 Å². The van der Waals surface area contributed by atoms with E-state index in [1.807, 2.05) is 0 Å². The number of amides is 2. The first kappa shape index (κ1) is 32.6. The van der Waals surface area contributed by atoms with Crippen LogP contribution >= 0.6 is 0 Å². The van der Waals surface area contributed by atoms with Gasteiger partial charge in [-0.25, -0.2) is 4.79 Å². The Bertz CT molecular complexity index is 1890. The molecule has 2 amide bonds. The fourth-order valence-electron chi connectivity index (χ4n) is 6.55. The van der Waals surface area contributed by atoms with Gasteiger partial charge in [-0.05, 0) is 37.1 Å². The number of pyridine rings is 1. The SMILES string of the molecule is C=C1C[C@H]2C=Nc3cc(OCc4cc(C(=O)OC)cc(COc5cc6c(cc5OC)C(=O)N5CC(=C)C[C@H]5C=N6)n4)c(OC)cc3C(=O)N2C1. The van der Waals surface area contributed by atoms with E-state index >= 15 is 0 Å². The fourth-order valence-corrected chi connectivity index (χ4v) is 6.55. The topological polar surface area (TPSA) is 141 Å². The van der Waals surface area contributed by atoms with Gasteiger partial charge in [0.05, 0.1) is 72.9 Å². The summed E-state index contributed by atoms with van der Waals surface area (Å²) in [6.45, 7) is 8.91. The van der Waals surface area contributed by atoms with E-state index in [0.717, 1.165) is 11.1 Å². The van der Waals surface area contributed by atoms with E-state index in [1.165, 1.54) is 21.3 Å². The minimum absolute atomic E-state index is 0.0533. The quantitative estimate of drug-likeness (QED) is 0.226. The van der Waals surface area contributed by atoms with Crippen LogP contribution in [0.3, 0.4) is 0 Å². The molecule has 5 heterocycles. The highest BCUT2D eigenvalue weighted by molar-refractivity contribution is 6.04. The molecule has 0 radical (unpaired) electrons. The summed E-state index contributed by atoms with van der Waals surface area (Å²) in [5.74, 6) is 0.517. The summed E-state index contributed by atoms with van der Waals surface area (Å²) in [6.07, 6.45) is 4.85. The van der Waals surface area contributed by atoms with Gasteiger partial charge in [0, 0.05) is 37.7 Å². The molecule has 0 spiro atoms. The Morgan fingerprint density at radius 1 is 0.720 bits per heavy atom. The van der Waals surface area contributed by atoms with Crippen molar-refractivity contribution in [2.24, 2.45) is 9.98 Å². The molecule has 3 aromatic rings. The molecule has 1 aromatic heterocycles. The van der Waals surface area contributed by atoms with Gasteiger partial charge in [0.1, 0.15) is 13.2 Å². The number of ether oxygens (including phenoxy) is 5. The Kier molecular flexibility index (Phi) is 8.56. The lowest BCUT2D eigenvalue weighted by Crippen LogP contribution is -2.35. The lowest BCUT2D eigenvalue weighted by molar-refractivity contribution is 0.0599. The number of esters is 1. The van der Waals surface area contributed by atoms with E-state index in [2.05, 4.69) is 28.1 Å². The first-order chi connectivity index (χ1) is 24.1. The van der Waals surface area contributed by atoms with Crippen LogP contribution in [0, 0.1) is 0 Å². The summed E-state index contributed by atoms with van der Waals surface area (Å²) >= 11 is 0. The van der Waals surface area contributed by atoms with Gasteiger partial charge in [0.2, 0.25) is 0 Å². The Balaban J connectivity index is 1.13. The predicted octanol–water partition coefficient (Wildman–Crippen LogP) is 5.02. The number of methoxy groups -OCH3 is 3. The van der Waals surface area contributed by atoms with Gasteiger partial charge >= 0.3 is 5.97 Å². The number of benzene rings is 2. The first-order valence-electron chi connectivity index (χ1n) is 16.0. The largest absolute Gasteiger partial charge is 0.493 e. The maximum atomic E-state index is 13.4. The normalized spacial score (nSPS) is 18.9. The Hall–Kier alpha value is -5.98. The van der Waals surface area contributed by atoms with Crippen LogP contribution in [0.1, 0.15) is 55.3 Å². The molecular formula is C37H35N5O8. The summed E-state index contributed by atoms with van der Waals surface area (Å²) in [5, 5.41) is 0. The summed E-state index contributed by atoms with van der Waals surface area (Å²) in [4.78, 5) is 56.7. The molecule has 7 rings (SSSR count). The predicted molar refractivity (Wildman–Crippen MR) is 184 cm³/mol. The molecule has 256 valence electrons. The van der Waals surface area contributed by atoms with Crippen LogP contribution in [-0.4, -0.2) is 91.5 Å². The molecule has 0 saturated carbocycles. The van der Waals surface area contributed by atoms with Crippen molar-refractivity contribution >= 4 is 41.6 Å². The summed E-state index contributed by atoms with van der Waals surface area (Å²) in [6, 6.07) is 9.40. The van der Waals surface area contributed by atoms with Gasteiger partial charge in [0.15, 0.2) is 23.0 Å². The van der Waals surface area contributed by atoms with E-state index in [0.29, 0.717) is 82.8 Å². The second-order valence-corrected chi connectivity index (χ2v) is 12.4. The highest BCUT2D eigenvalue weighted by atomic mass is 16.5. The second-order valence-electron chi connectivity index (χ2n) is 12.4. The van der Waals surface area contributed by atoms with E-state index < -0.39 is 5.97 Å². The number of nitrogens with zero attached hydrogens (tertiary/aromatic N) is 5. The molecule has 13 nitrogen and oxygen atoms in total. The lowest BCUT2D eigenvalue weighted by atomic mass is 10.1. The van der Waals surface area contributed by atoms with E-state index in [-0.39, 0.29) is 42.7 Å². The number of aromatic nitrogens is 1. The molecule has 2 atom stereocenters. The van der Waals surface area contributed by atoms with E-state index in [1.54, 1.807) is 58.6 Å². The third kappa shape index (κ3) is 6.06. The zero-order valence-corrected chi connectivity index (χ0v) is 27.9. The molecule has 0 aliphatic carbocycles.